The van der Waals surface area contributed by atoms with Gasteiger partial charge in [0.2, 0.25) is 17.7 Å². The second kappa shape index (κ2) is 10.3. The lowest BCUT2D eigenvalue weighted by Crippen LogP contribution is -2.39. The molecule has 2 unspecified atom stereocenters. The van der Waals surface area contributed by atoms with Crippen molar-refractivity contribution in [1.82, 2.24) is 9.47 Å². The molecule has 2 aromatic carbocycles. The van der Waals surface area contributed by atoms with Crippen LogP contribution >= 0.6 is 50.6 Å². The number of hydrogen-bond donors (Lipinski definition) is 0. The van der Waals surface area contributed by atoms with E-state index in [1.165, 1.54) is 21.2 Å². The summed E-state index contributed by atoms with van der Waals surface area (Å²) in [4.78, 5) is 57.5. The number of anilines is 1. The van der Waals surface area contributed by atoms with Crippen LogP contribution in [0.15, 0.2) is 62.8 Å². The Bertz CT molecular complexity index is 1480. The number of rotatable bonds is 4. The first-order valence-electron chi connectivity index (χ1n) is 12.4. The predicted molar refractivity (Wildman–Crippen MR) is 152 cm³/mol. The Kier molecular flexibility index (Phi) is 7.00. The van der Waals surface area contributed by atoms with E-state index in [2.05, 4.69) is 15.9 Å². The molecule has 4 heterocycles. The molecule has 0 radical (unpaired) electrons. The Morgan fingerprint density at radius 1 is 0.947 bits per heavy atom. The number of thioether (sulfide) groups is 1. The van der Waals surface area contributed by atoms with E-state index in [1.807, 2.05) is 29.2 Å². The predicted octanol–water partition coefficient (Wildman–Crippen LogP) is 5.13. The maximum absolute atomic E-state index is 13.9. The molecule has 7 nitrogen and oxygen atoms in total. The molecule has 0 aliphatic carbocycles. The molecule has 3 aromatic rings. The second-order valence-corrected chi connectivity index (χ2v) is 13.1. The molecule has 0 N–H and O–H groups in total. The minimum atomic E-state index is -0.718. The Labute approximate surface area is 240 Å². The summed E-state index contributed by atoms with van der Waals surface area (Å²) < 4.78 is 2.39. The average molecular weight is 633 g/mol. The summed E-state index contributed by atoms with van der Waals surface area (Å²) in [7, 11) is 0. The molecule has 3 atom stereocenters. The molecule has 0 bridgehead atoms. The quantitative estimate of drug-likeness (QED) is 0.373. The fraction of sp³-hybridized carbons (Fsp3) is 0.333. The highest BCUT2D eigenvalue weighted by molar-refractivity contribution is 9.10. The number of piperidine rings is 1. The number of aromatic nitrogens is 1. The Balaban J connectivity index is 1.43. The molecule has 1 aromatic heterocycles. The van der Waals surface area contributed by atoms with Gasteiger partial charge < -0.3 is 4.90 Å². The van der Waals surface area contributed by atoms with E-state index < -0.39 is 17.1 Å². The zero-order chi connectivity index (χ0) is 26.6. The molecular formula is C27H23BrClN3O4S2. The molecular weight excluding hydrogens is 610 g/mol. The van der Waals surface area contributed by atoms with Gasteiger partial charge >= 0.3 is 4.87 Å². The van der Waals surface area contributed by atoms with Gasteiger partial charge in [0.25, 0.3) is 0 Å². The summed E-state index contributed by atoms with van der Waals surface area (Å²) in [6.07, 6.45) is 3.03. The van der Waals surface area contributed by atoms with Crippen LogP contribution in [0.3, 0.4) is 0 Å². The summed E-state index contributed by atoms with van der Waals surface area (Å²) >= 11 is 11.8. The number of fused-ring (bicyclic) bond motifs is 2. The van der Waals surface area contributed by atoms with Gasteiger partial charge in [-0.1, -0.05) is 62.8 Å². The number of hydrogen-bond acceptors (Lipinski definition) is 6. The van der Waals surface area contributed by atoms with Crippen molar-refractivity contribution in [2.45, 2.75) is 42.0 Å². The summed E-state index contributed by atoms with van der Waals surface area (Å²) in [5.74, 6) is -1.88. The minimum Gasteiger partial charge on any atom is -0.341 e. The van der Waals surface area contributed by atoms with Crippen molar-refractivity contribution in [2.75, 3.05) is 18.0 Å². The fourth-order valence-corrected chi connectivity index (χ4v) is 8.67. The molecule has 3 amide bonds. The van der Waals surface area contributed by atoms with Gasteiger partial charge in [0.05, 0.1) is 16.6 Å². The van der Waals surface area contributed by atoms with Gasteiger partial charge in [0, 0.05) is 33.4 Å². The SMILES string of the molecule is O=C(Cn1c2c(sc1=O)[C@H](c1ccc(Br)cc1)C1C(=O)N(c3ccc(Cl)cc3)C(=O)C1S2)N1CCCCC1. The summed E-state index contributed by atoms with van der Waals surface area (Å²) in [5, 5.41) is 0.403. The van der Waals surface area contributed by atoms with E-state index in [1.54, 1.807) is 24.3 Å². The summed E-state index contributed by atoms with van der Waals surface area (Å²) in [6.45, 7) is 1.33. The molecule has 38 heavy (non-hydrogen) atoms. The first kappa shape index (κ1) is 25.9. The number of carbonyl (C=O) groups excluding carboxylic acids is 3. The molecule has 0 saturated carbocycles. The number of nitrogens with zero attached hydrogens (tertiary/aromatic N) is 3. The number of benzene rings is 2. The third-order valence-electron chi connectivity index (χ3n) is 7.37. The average Bonchev–Trinajstić information content (AvgIpc) is 3.36. The van der Waals surface area contributed by atoms with Crippen LogP contribution in [-0.4, -0.2) is 45.5 Å². The fourth-order valence-electron chi connectivity index (χ4n) is 5.51. The topological polar surface area (TPSA) is 79.7 Å². The summed E-state index contributed by atoms with van der Waals surface area (Å²) in [5.41, 5.74) is 1.31. The lowest BCUT2D eigenvalue weighted by atomic mass is 9.83. The van der Waals surface area contributed by atoms with Gasteiger partial charge in [-0.05, 0) is 61.2 Å². The Morgan fingerprint density at radius 3 is 2.32 bits per heavy atom. The first-order valence-corrected chi connectivity index (χ1v) is 15.3. The molecule has 3 aliphatic heterocycles. The van der Waals surface area contributed by atoms with Crippen LogP contribution in [0.5, 0.6) is 0 Å². The first-order chi connectivity index (χ1) is 18.3. The molecule has 3 aliphatic rings. The van der Waals surface area contributed by atoms with Gasteiger partial charge in [0.15, 0.2) is 0 Å². The lowest BCUT2D eigenvalue weighted by molar-refractivity contribution is -0.133. The van der Waals surface area contributed by atoms with Crippen molar-refractivity contribution in [3.05, 3.63) is 78.1 Å². The molecule has 11 heteroatoms. The van der Waals surface area contributed by atoms with Crippen LogP contribution in [0, 0.1) is 5.92 Å². The van der Waals surface area contributed by atoms with Crippen molar-refractivity contribution in [2.24, 2.45) is 5.92 Å². The normalized spacial score (nSPS) is 22.9. The van der Waals surface area contributed by atoms with Crippen molar-refractivity contribution >= 4 is 74.0 Å². The van der Waals surface area contributed by atoms with Gasteiger partial charge in [-0.3, -0.25) is 23.7 Å². The third-order valence-corrected chi connectivity index (χ3v) is 10.7. The highest BCUT2D eigenvalue weighted by Crippen LogP contribution is 2.54. The van der Waals surface area contributed by atoms with Gasteiger partial charge in [-0.2, -0.15) is 0 Å². The highest BCUT2D eigenvalue weighted by atomic mass is 79.9. The molecule has 2 saturated heterocycles. The van der Waals surface area contributed by atoms with Gasteiger partial charge in [-0.25, -0.2) is 4.90 Å². The number of halogens is 2. The molecule has 6 rings (SSSR count). The van der Waals surface area contributed by atoms with Crippen LogP contribution in [0.1, 0.15) is 35.6 Å². The van der Waals surface area contributed by atoms with Crippen molar-refractivity contribution in [1.29, 1.82) is 0 Å². The number of imide groups is 1. The Morgan fingerprint density at radius 2 is 1.63 bits per heavy atom. The van der Waals surface area contributed by atoms with Crippen LogP contribution in [0.4, 0.5) is 5.69 Å². The van der Waals surface area contributed by atoms with Crippen molar-refractivity contribution in [3.8, 4) is 0 Å². The minimum absolute atomic E-state index is 0.0643. The van der Waals surface area contributed by atoms with Crippen molar-refractivity contribution < 1.29 is 14.4 Å². The van der Waals surface area contributed by atoms with E-state index >= 15 is 0 Å². The van der Waals surface area contributed by atoms with Crippen LogP contribution in [0.2, 0.25) is 5.02 Å². The van der Waals surface area contributed by atoms with E-state index in [9.17, 15) is 19.2 Å². The zero-order valence-electron chi connectivity index (χ0n) is 20.1. The maximum Gasteiger partial charge on any atom is 0.308 e. The number of likely N-dealkylation sites (tertiary alicyclic amines) is 1. The number of amides is 3. The third kappa shape index (κ3) is 4.45. The lowest BCUT2D eigenvalue weighted by Gasteiger charge is -2.31. The molecule has 0 spiro atoms. The second-order valence-electron chi connectivity index (χ2n) is 9.65. The van der Waals surface area contributed by atoms with E-state index in [0.717, 1.165) is 45.5 Å². The van der Waals surface area contributed by atoms with Crippen molar-refractivity contribution in [3.63, 3.8) is 0 Å². The van der Waals surface area contributed by atoms with E-state index in [-0.39, 0.29) is 29.1 Å². The molecule has 2 fully saturated rings. The standard InChI is InChI=1S/C27H23BrClN3O4S2/c28-16-6-4-15(5-7-16)20-21-22(25(35)32(24(21)34)18-10-8-17(29)9-11-18)37-26-23(20)38-27(36)31(26)14-19(33)30-12-2-1-3-13-30/h4-11,20-22H,1-3,12-14H2/t20-,21?,22?/m1/s1. The van der Waals surface area contributed by atoms with Crippen LogP contribution in [0.25, 0.3) is 0 Å². The Hall–Kier alpha value is -2.40. The van der Waals surface area contributed by atoms with Crippen LogP contribution < -0.4 is 9.77 Å². The monoisotopic (exact) mass is 631 g/mol. The van der Waals surface area contributed by atoms with E-state index in [4.69, 9.17) is 11.6 Å². The van der Waals surface area contributed by atoms with E-state index in [0.29, 0.717) is 28.8 Å². The largest absolute Gasteiger partial charge is 0.341 e. The number of thiazole rings is 1. The highest BCUT2D eigenvalue weighted by Gasteiger charge is 2.56. The zero-order valence-corrected chi connectivity index (χ0v) is 24.1. The smallest absolute Gasteiger partial charge is 0.308 e. The summed E-state index contributed by atoms with van der Waals surface area (Å²) in [6, 6.07) is 14.3. The van der Waals surface area contributed by atoms with Gasteiger partial charge in [0.1, 0.15) is 11.8 Å². The van der Waals surface area contributed by atoms with Crippen LogP contribution in [-0.2, 0) is 20.9 Å². The number of carbonyl (C=O) groups is 3. The maximum atomic E-state index is 13.9. The van der Waals surface area contributed by atoms with Gasteiger partial charge in [-0.15, -0.1) is 0 Å². The molecule has 196 valence electrons.